The van der Waals surface area contributed by atoms with Gasteiger partial charge in [0.15, 0.2) is 0 Å². The zero-order valence-corrected chi connectivity index (χ0v) is 10.6. The van der Waals surface area contributed by atoms with E-state index in [9.17, 15) is 0 Å². The first-order valence-electron chi connectivity index (χ1n) is 6.41. The molecule has 0 aromatic rings. The lowest BCUT2D eigenvalue weighted by atomic mass is 10.0. The molecule has 1 aliphatic carbocycles. The summed E-state index contributed by atoms with van der Waals surface area (Å²) < 4.78 is 0. The SMILES string of the molecule is CN(CC1CCCN1C)CC1(CC#N)CC1. The van der Waals surface area contributed by atoms with E-state index in [1.54, 1.807) is 0 Å². The zero-order chi connectivity index (χ0) is 11.6. The maximum absolute atomic E-state index is 8.80. The van der Waals surface area contributed by atoms with E-state index in [1.807, 2.05) is 0 Å². The zero-order valence-electron chi connectivity index (χ0n) is 10.6. The Labute approximate surface area is 99.0 Å². The fourth-order valence-electron chi connectivity index (χ4n) is 2.94. The molecule has 2 fully saturated rings. The van der Waals surface area contributed by atoms with Crippen LogP contribution < -0.4 is 0 Å². The first-order chi connectivity index (χ1) is 7.65. The highest BCUT2D eigenvalue weighted by molar-refractivity contribution is 5.01. The summed E-state index contributed by atoms with van der Waals surface area (Å²) in [5.41, 5.74) is 0.362. The molecule has 0 bridgehead atoms. The monoisotopic (exact) mass is 221 g/mol. The molecule has 1 unspecified atom stereocenters. The third-order valence-electron chi connectivity index (χ3n) is 4.21. The van der Waals surface area contributed by atoms with Crippen LogP contribution in [-0.2, 0) is 0 Å². The van der Waals surface area contributed by atoms with Crippen molar-refractivity contribution in [1.82, 2.24) is 9.80 Å². The van der Waals surface area contributed by atoms with Crippen molar-refractivity contribution in [2.24, 2.45) is 5.41 Å². The van der Waals surface area contributed by atoms with Gasteiger partial charge < -0.3 is 9.80 Å². The molecular weight excluding hydrogens is 198 g/mol. The fourth-order valence-corrected chi connectivity index (χ4v) is 2.94. The van der Waals surface area contributed by atoms with Crippen molar-refractivity contribution in [3.8, 4) is 6.07 Å². The minimum absolute atomic E-state index is 0.362. The van der Waals surface area contributed by atoms with E-state index in [4.69, 9.17) is 5.26 Å². The number of hydrogen-bond acceptors (Lipinski definition) is 3. The van der Waals surface area contributed by atoms with Crippen LogP contribution in [0.4, 0.5) is 0 Å². The van der Waals surface area contributed by atoms with Gasteiger partial charge in [-0.1, -0.05) is 0 Å². The van der Waals surface area contributed by atoms with Crippen molar-refractivity contribution >= 4 is 0 Å². The summed E-state index contributed by atoms with van der Waals surface area (Å²) in [5.74, 6) is 0. The van der Waals surface area contributed by atoms with Gasteiger partial charge in [0.1, 0.15) is 0 Å². The molecule has 16 heavy (non-hydrogen) atoms. The van der Waals surface area contributed by atoms with Crippen LogP contribution in [0.2, 0.25) is 0 Å². The normalized spacial score (nSPS) is 28.2. The standard InChI is InChI=1S/C13H23N3/c1-15(10-12-4-3-9-16(12)2)11-13(5-6-13)7-8-14/h12H,3-7,9-11H2,1-2H3. The van der Waals surface area contributed by atoms with Gasteiger partial charge in [0.2, 0.25) is 0 Å². The van der Waals surface area contributed by atoms with E-state index < -0.39 is 0 Å². The quantitative estimate of drug-likeness (QED) is 0.708. The highest BCUT2D eigenvalue weighted by Crippen LogP contribution is 2.48. The van der Waals surface area contributed by atoms with Crippen molar-refractivity contribution in [3.63, 3.8) is 0 Å². The molecule has 2 rings (SSSR count). The van der Waals surface area contributed by atoms with Gasteiger partial charge in [-0.25, -0.2) is 0 Å². The van der Waals surface area contributed by atoms with Gasteiger partial charge in [-0.05, 0) is 51.7 Å². The van der Waals surface area contributed by atoms with Crippen molar-refractivity contribution in [2.45, 2.75) is 38.1 Å². The van der Waals surface area contributed by atoms with Gasteiger partial charge >= 0.3 is 0 Å². The molecule has 0 aromatic carbocycles. The van der Waals surface area contributed by atoms with E-state index in [2.05, 4.69) is 30.0 Å². The lowest BCUT2D eigenvalue weighted by molar-refractivity contribution is 0.193. The summed E-state index contributed by atoms with van der Waals surface area (Å²) in [7, 11) is 4.44. The van der Waals surface area contributed by atoms with E-state index in [0.717, 1.165) is 19.0 Å². The van der Waals surface area contributed by atoms with Crippen molar-refractivity contribution in [1.29, 1.82) is 5.26 Å². The van der Waals surface area contributed by atoms with Gasteiger partial charge in [-0.15, -0.1) is 0 Å². The molecule has 1 saturated heterocycles. The van der Waals surface area contributed by atoms with Gasteiger partial charge in [0, 0.05) is 25.6 Å². The maximum Gasteiger partial charge on any atom is 0.0628 e. The molecule has 0 spiro atoms. The minimum atomic E-state index is 0.362. The summed E-state index contributed by atoms with van der Waals surface area (Å²) >= 11 is 0. The maximum atomic E-state index is 8.80. The summed E-state index contributed by atoms with van der Waals surface area (Å²) in [5, 5.41) is 8.80. The van der Waals surface area contributed by atoms with Crippen LogP contribution in [0.25, 0.3) is 0 Å². The number of hydrogen-bond donors (Lipinski definition) is 0. The Morgan fingerprint density at radius 3 is 2.75 bits per heavy atom. The first kappa shape index (κ1) is 11.9. The molecule has 1 saturated carbocycles. The highest BCUT2D eigenvalue weighted by atomic mass is 15.2. The van der Waals surface area contributed by atoms with Crippen LogP contribution in [0, 0.1) is 16.7 Å². The number of likely N-dealkylation sites (tertiary alicyclic amines) is 1. The Kier molecular flexibility index (Phi) is 3.51. The Bertz CT molecular complexity index is 277. The number of rotatable bonds is 5. The lowest BCUT2D eigenvalue weighted by Gasteiger charge is -2.28. The average molecular weight is 221 g/mol. The first-order valence-corrected chi connectivity index (χ1v) is 6.41. The van der Waals surface area contributed by atoms with E-state index in [0.29, 0.717) is 5.41 Å². The molecule has 3 nitrogen and oxygen atoms in total. The summed E-state index contributed by atoms with van der Waals surface area (Å²) in [6.07, 6.45) is 5.94. The highest BCUT2D eigenvalue weighted by Gasteiger charge is 2.43. The van der Waals surface area contributed by atoms with Crippen molar-refractivity contribution in [3.05, 3.63) is 0 Å². The van der Waals surface area contributed by atoms with Crippen LogP contribution in [0.1, 0.15) is 32.1 Å². The summed E-state index contributed by atoms with van der Waals surface area (Å²) in [6.45, 7) is 3.54. The number of likely N-dealkylation sites (N-methyl/N-ethyl adjacent to an activating group) is 2. The topological polar surface area (TPSA) is 30.3 Å². The van der Waals surface area contributed by atoms with Crippen LogP contribution >= 0.6 is 0 Å². The Morgan fingerprint density at radius 1 is 1.50 bits per heavy atom. The van der Waals surface area contributed by atoms with E-state index >= 15 is 0 Å². The van der Waals surface area contributed by atoms with Gasteiger partial charge in [0.25, 0.3) is 0 Å². The van der Waals surface area contributed by atoms with Crippen molar-refractivity contribution in [2.75, 3.05) is 33.7 Å². The molecule has 0 radical (unpaired) electrons. The van der Waals surface area contributed by atoms with Crippen molar-refractivity contribution < 1.29 is 0 Å². The Balaban J connectivity index is 1.76. The summed E-state index contributed by atoms with van der Waals surface area (Å²) in [6, 6.07) is 3.08. The van der Waals surface area contributed by atoms with Gasteiger partial charge in [-0.2, -0.15) is 5.26 Å². The minimum Gasteiger partial charge on any atom is -0.304 e. The van der Waals surface area contributed by atoms with Crippen LogP contribution in [0.15, 0.2) is 0 Å². The molecule has 2 aliphatic rings. The second-order valence-corrected chi connectivity index (χ2v) is 5.81. The third kappa shape index (κ3) is 2.75. The molecule has 1 atom stereocenters. The smallest absolute Gasteiger partial charge is 0.0628 e. The molecule has 1 heterocycles. The lowest BCUT2D eigenvalue weighted by Crippen LogP contribution is -2.39. The van der Waals surface area contributed by atoms with E-state index in [-0.39, 0.29) is 0 Å². The Hall–Kier alpha value is -0.590. The second-order valence-electron chi connectivity index (χ2n) is 5.81. The molecule has 0 amide bonds. The molecule has 0 N–H and O–H groups in total. The Morgan fingerprint density at radius 2 is 2.25 bits per heavy atom. The number of nitrogens with zero attached hydrogens (tertiary/aromatic N) is 3. The van der Waals surface area contributed by atoms with Crippen LogP contribution in [0.3, 0.4) is 0 Å². The third-order valence-corrected chi connectivity index (χ3v) is 4.21. The molecular formula is C13H23N3. The molecule has 90 valence electrons. The van der Waals surface area contributed by atoms with Crippen LogP contribution in [0.5, 0.6) is 0 Å². The summed E-state index contributed by atoms with van der Waals surface area (Å²) in [4.78, 5) is 4.91. The average Bonchev–Trinajstić information content (AvgIpc) is 2.85. The number of nitriles is 1. The van der Waals surface area contributed by atoms with Crippen LogP contribution in [-0.4, -0.2) is 49.6 Å². The predicted octanol–water partition coefficient (Wildman–Crippen LogP) is 1.71. The fraction of sp³-hybridized carbons (Fsp3) is 0.923. The van der Waals surface area contributed by atoms with Gasteiger partial charge in [0.05, 0.1) is 6.07 Å². The largest absolute Gasteiger partial charge is 0.304 e. The second kappa shape index (κ2) is 4.73. The molecule has 1 aliphatic heterocycles. The van der Waals surface area contributed by atoms with E-state index in [1.165, 1.54) is 38.8 Å². The molecule has 0 aromatic heterocycles. The molecule has 3 heteroatoms. The van der Waals surface area contributed by atoms with Gasteiger partial charge in [-0.3, -0.25) is 0 Å². The predicted molar refractivity (Wildman–Crippen MR) is 65.0 cm³/mol.